The average molecular weight is 382 g/mol. The Kier molecular flexibility index (Phi) is 4.97. The normalized spacial score (nSPS) is 11.3. The molecule has 5 nitrogen and oxygen atoms in total. The summed E-state index contributed by atoms with van der Waals surface area (Å²) in [6.45, 7) is 0. The van der Waals surface area contributed by atoms with Crippen LogP contribution in [-0.4, -0.2) is 21.5 Å². The van der Waals surface area contributed by atoms with Gasteiger partial charge in [0.05, 0.1) is 12.7 Å². The van der Waals surface area contributed by atoms with Crippen molar-refractivity contribution in [2.75, 3.05) is 7.11 Å². The Morgan fingerprint density at radius 1 is 0.920 bits per heavy atom. The molecule has 0 aliphatic carbocycles. The number of hydrogen-bond acceptors (Lipinski definition) is 5. The fourth-order valence-corrected chi connectivity index (χ4v) is 2.69. The molecule has 25 heavy (non-hydrogen) atoms. The van der Waals surface area contributed by atoms with Crippen LogP contribution in [0.4, 0.5) is 22.0 Å². The number of esters is 1. The van der Waals surface area contributed by atoms with E-state index < -0.39 is 55.8 Å². The Morgan fingerprint density at radius 2 is 1.44 bits per heavy atom. The van der Waals surface area contributed by atoms with Crippen LogP contribution in [0.25, 0.3) is 0 Å². The largest absolute Gasteiger partial charge is 0.465 e. The molecule has 0 radical (unpaired) electrons. The summed E-state index contributed by atoms with van der Waals surface area (Å²) in [6.07, 6.45) is 0. The zero-order valence-electron chi connectivity index (χ0n) is 12.1. The monoisotopic (exact) mass is 382 g/mol. The number of hydrogen-bond donors (Lipinski definition) is 0. The van der Waals surface area contributed by atoms with Crippen LogP contribution in [0, 0.1) is 29.1 Å². The molecule has 2 aromatic rings. The lowest BCUT2D eigenvalue weighted by molar-refractivity contribution is 0.0600. The quantitative estimate of drug-likeness (QED) is 0.267. The fourth-order valence-electron chi connectivity index (χ4n) is 1.71. The highest BCUT2D eigenvalue weighted by molar-refractivity contribution is 7.87. The van der Waals surface area contributed by atoms with Gasteiger partial charge in [0, 0.05) is 0 Å². The number of carbonyl (C=O) groups is 1. The minimum atomic E-state index is -5.01. The van der Waals surface area contributed by atoms with Crippen molar-refractivity contribution < 1.29 is 44.1 Å². The molecule has 0 aliphatic rings. The standard InChI is InChI=1S/C14H7F5O5S/c1-23-14(20)6-3-2-4-7(5-6)25(21,22)24-13-11(18)9(16)8(15)10(17)12(13)19/h2-5H,1H3. The third-order valence-corrected chi connectivity index (χ3v) is 4.12. The minimum Gasteiger partial charge on any atom is -0.465 e. The molecule has 11 heteroatoms. The smallest absolute Gasteiger partial charge is 0.339 e. The summed E-state index contributed by atoms with van der Waals surface area (Å²) < 4.78 is 98.7. The van der Waals surface area contributed by atoms with Gasteiger partial charge in [-0.3, -0.25) is 0 Å². The summed E-state index contributed by atoms with van der Waals surface area (Å²) in [4.78, 5) is 10.6. The molecule has 2 rings (SSSR count). The highest BCUT2D eigenvalue weighted by Gasteiger charge is 2.31. The van der Waals surface area contributed by atoms with Crippen LogP contribution in [0.2, 0.25) is 0 Å². The van der Waals surface area contributed by atoms with Crippen molar-refractivity contribution in [2.24, 2.45) is 0 Å². The number of benzene rings is 2. The van der Waals surface area contributed by atoms with Crippen molar-refractivity contribution in [1.82, 2.24) is 0 Å². The second-order valence-corrected chi connectivity index (χ2v) is 6.00. The van der Waals surface area contributed by atoms with Gasteiger partial charge in [-0.2, -0.15) is 17.2 Å². The van der Waals surface area contributed by atoms with Crippen LogP contribution < -0.4 is 4.18 Å². The lowest BCUT2D eigenvalue weighted by Crippen LogP contribution is -2.15. The first kappa shape index (κ1) is 18.6. The van der Waals surface area contributed by atoms with E-state index >= 15 is 0 Å². The predicted molar refractivity (Wildman–Crippen MR) is 71.8 cm³/mol. The first-order valence-electron chi connectivity index (χ1n) is 6.24. The van der Waals surface area contributed by atoms with E-state index in [1.807, 2.05) is 0 Å². The van der Waals surface area contributed by atoms with Crippen LogP contribution in [0.1, 0.15) is 10.4 Å². The number of ether oxygens (including phenoxy) is 1. The van der Waals surface area contributed by atoms with Gasteiger partial charge >= 0.3 is 16.1 Å². The van der Waals surface area contributed by atoms with E-state index in [9.17, 15) is 35.2 Å². The predicted octanol–water partition coefficient (Wildman–Crippen LogP) is 2.94. The summed E-state index contributed by atoms with van der Waals surface area (Å²) in [5.74, 6) is -15.0. The fraction of sp³-hybridized carbons (Fsp3) is 0.0714. The first-order valence-corrected chi connectivity index (χ1v) is 7.65. The molecule has 0 bridgehead atoms. The van der Waals surface area contributed by atoms with Gasteiger partial charge in [0.15, 0.2) is 0 Å². The van der Waals surface area contributed by atoms with Gasteiger partial charge < -0.3 is 8.92 Å². The van der Waals surface area contributed by atoms with Crippen LogP contribution >= 0.6 is 0 Å². The Hall–Kier alpha value is -2.69. The Morgan fingerprint density at radius 3 is 1.96 bits per heavy atom. The summed E-state index contributed by atoms with van der Waals surface area (Å²) in [5.41, 5.74) is -0.246. The molecule has 0 N–H and O–H groups in total. The third kappa shape index (κ3) is 3.40. The first-order chi connectivity index (χ1) is 11.6. The third-order valence-electron chi connectivity index (χ3n) is 2.91. The average Bonchev–Trinajstić information content (AvgIpc) is 2.61. The summed E-state index contributed by atoms with van der Waals surface area (Å²) in [5, 5.41) is 0. The molecule has 0 amide bonds. The zero-order valence-corrected chi connectivity index (χ0v) is 13.0. The van der Waals surface area contributed by atoms with Gasteiger partial charge in [-0.25, -0.2) is 18.0 Å². The van der Waals surface area contributed by atoms with Gasteiger partial charge in [-0.15, -0.1) is 0 Å². The number of methoxy groups -OCH3 is 1. The molecule has 0 saturated carbocycles. The van der Waals surface area contributed by atoms with E-state index in [2.05, 4.69) is 8.92 Å². The second kappa shape index (κ2) is 6.67. The lowest BCUT2D eigenvalue weighted by Gasteiger charge is -2.11. The SMILES string of the molecule is COC(=O)c1cccc(S(=O)(=O)Oc2c(F)c(F)c(F)c(F)c2F)c1. The minimum absolute atomic E-state index is 0.246. The lowest BCUT2D eigenvalue weighted by atomic mass is 10.2. The maximum Gasteiger partial charge on any atom is 0.339 e. The molecule has 0 heterocycles. The Balaban J connectivity index is 2.53. The summed E-state index contributed by atoms with van der Waals surface area (Å²) >= 11 is 0. The molecular formula is C14H7F5O5S. The highest BCUT2D eigenvalue weighted by Crippen LogP contribution is 2.31. The van der Waals surface area contributed by atoms with E-state index in [-0.39, 0.29) is 5.56 Å². The van der Waals surface area contributed by atoms with Gasteiger partial charge in [-0.05, 0) is 18.2 Å². The maximum absolute atomic E-state index is 13.5. The van der Waals surface area contributed by atoms with E-state index in [1.54, 1.807) is 0 Å². The number of halogens is 5. The zero-order chi connectivity index (χ0) is 18.9. The van der Waals surface area contributed by atoms with E-state index in [0.29, 0.717) is 0 Å². The van der Waals surface area contributed by atoms with Gasteiger partial charge in [0.1, 0.15) is 4.90 Å². The van der Waals surface area contributed by atoms with Crippen LogP contribution in [0.5, 0.6) is 5.75 Å². The van der Waals surface area contributed by atoms with Gasteiger partial charge in [0.25, 0.3) is 0 Å². The van der Waals surface area contributed by atoms with E-state index in [4.69, 9.17) is 0 Å². The highest BCUT2D eigenvalue weighted by atomic mass is 32.2. The summed E-state index contributed by atoms with van der Waals surface area (Å²) in [7, 11) is -3.99. The molecule has 0 saturated heterocycles. The second-order valence-electron chi connectivity index (χ2n) is 4.46. The van der Waals surface area contributed by atoms with Crippen molar-refractivity contribution in [2.45, 2.75) is 4.90 Å². The molecular weight excluding hydrogens is 375 g/mol. The Labute approximate surface area is 137 Å². The van der Waals surface area contributed by atoms with Gasteiger partial charge in [-0.1, -0.05) is 6.07 Å². The molecule has 0 aliphatic heterocycles. The van der Waals surface area contributed by atoms with E-state index in [0.717, 1.165) is 25.3 Å². The molecule has 2 aromatic carbocycles. The van der Waals surface area contributed by atoms with Crippen molar-refractivity contribution in [3.8, 4) is 5.75 Å². The van der Waals surface area contributed by atoms with Crippen molar-refractivity contribution in [1.29, 1.82) is 0 Å². The van der Waals surface area contributed by atoms with Gasteiger partial charge in [0.2, 0.25) is 34.8 Å². The molecule has 134 valence electrons. The molecule has 0 atom stereocenters. The van der Waals surface area contributed by atoms with Crippen LogP contribution in [-0.2, 0) is 14.9 Å². The molecule has 0 aromatic heterocycles. The van der Waals surface area contributed by atoms with Crippen molar-refractivity contribution in [3.63, 3.8) is 0 Å². The van der Waals surface area contributed by atoms with Crippen molar-refractivity contribution >= 4 is 16.1 Å². The molecule has 0 unspecified atom stereocenters. The molecule has 0 spiro atoms. The van der Waals surface area contributed by atoms with Crippen LogP contribution in [0.15, 0.2) is 29.2 Å². The maximum atomic E-state index is 13.5. The number of carbonyl (C=O) groups excluding carboxylic acids is 1. The van der Waals surface area contributed by atoms with Crippen molar-refractivity contribution in [3.05, 3.63) is 58.9 Å². The molecule has 0 fully saturated rings. The topological polar surface area (TPSA) is 69.7 Å². The van der Waals surface area contributed by atoms with E-state index in [1.165, 1.54) is 6.07 Å². The number of rotatable bonds is 4. The summed E-state index contributed by atoms with van der Waals surface area (Å²) in [6, 6.07) is 3.88. The van der Waals surface area contributed by atoms with Crippen LogP contribution in [0.3, 0.4) is 0 Å². The Bertz CT molecular complexity index is 929.